The van der Waals surface area contributed by atoms with Crippen molar-refractivity contribution in [3.8, 4) is 0 Å². The van der Waals surface area contributed by atoms with Crippen LogP contribution < -0.4 is 11.1 Å². The van der Waals surface area contributed by atoms with E-state index < -0.39 is 6.10 Å². The number of aliphatic hydroxyl groups excluding tert-OH is 1. The number of nitrogen functional groups attached to an aromatic ring is 1. The fraction of sp³-hybridized carbons (Fsp3) is 0.455. The van der Waals surface area contributed by atoms with E-state index >= 15 is 0 Å². The van der Waals surface area contributed by atoms with Crippen molar-refractivity contribution >= 4 is 11.4 Å². The van der Waals surface area contributed by atoms with Gasteiger partial charge in [0.2, 0.25) is 0 Å². The van der Waals surface area contributed by atoms with Gasteiger partial charge in [-0.2, -0.15) is 0 Å². The zero-order valence-electron chi connectivity index (χ0n) is 8.83. The molecule has 1 rings (SSSR count). The summed E-state index contributed by atoms with van der Waals surface area (Å²) < 4.78 is 12.9. The molecular weight excluding hydrogens is 195 g/mol. The van der Waals surface area contributed by atoms with Crippen molar-refractivity contribution in [2.24, 2.45) is 0 Å². The van der Waals surface area contributed by atoms with Crippen LogP contribution in [0.25, 0.3) is 0 Å². The van der Waals surface area contributed by atoms with Gasteiger partial charge in [-0.3, -0.25) is 0 Å². The van der Waals surface area contributed by atoms with Gasteiger partial charge in [-0.25, -0.2) is 4.39 Å². The van der Waals surface area contributed by atoms with Crippen molar-refractivity contribution in [2.45, 2.75) is 25.9 Å². The number of halogens is 1. The van der Waals surface area contributed by atoms with Crippen LogP contribution in [0.15, 0.2) is 18.2 Å². The van der Waals surface area contributed by atoms with Crippen LogP contribution in [-0.4, -0.2) is 17.8 Å². The quantitative estimate of drug-likeness (QED) is 0.654. The van der Waals surface area contributed by atoms with Gasteiger partial charge in [0.15, 0.2) is 0 Å². The first kappa shape index (κ1) is 11.8. The van der Waals surface area contributed by atoms with Gasteiger partial charge in [0.25, 0.3) is 0 Å². The molecule has 0 aliphatic carbocycles. The van der Waals surface area contributed by atoms with Crippen LogP contribution in [0.1, 0.15) is 19.8 Å². The zero-order valence-corrected chi connectivity index (χ0v) is 8.83. The second-order valence-electron chi connectivity index (χ2n) is 3.55. The minimum atomic E-state index is -0.419. The minimum absolute atomic E-state index is 0.336. The molecule has 0 saturated heterocycles. The van der Waals surface area contributed by atoms with Gasteiger partial charge in [-0.05, 0) is 24.6 Å². The molecule has 3 nitrogen and oxygen atoms in total. The number of nitrogens with two attached hydrogens (primary N) is 1. The van der Waals surface area contributed by atoms with Crippen LogP contribution in [0.4, 0.5) is 15.8 Å². The molecule has 4 heteroatoms. The van der Waals surface area contributed by atoms with Gasteiger partial charge in [0, 0.05) is 6.54 Å². The third kappa shape index (κ3) is 3.75. The molecule has 0 spiro atoms. The molecular formula is C11H17FN2O. The van der Waals surface area contributed by atoms with E-state index in [1.807, 2.05) is 6.92 Å². The second kappa shape index (κ2) is 5.56. The Kier molecular flexibility index (Phi) is 4.37. The molecule has 1 atom stereocenters. The van der Waals surface area contributed by atoms with Crippen molar-refractivity contribution in [3.63, 3.8) is 0 Å². The summed E-state index contributed by atoms with van der Waals surface area (Å²) in [6.45, 7) is 2.39. The lowest BCUT2D eigenvalue weighted by molar-refractivity contribution is 0.176. The molecule has 0 aromatic heterocycles. The predicted octanol–water partition coefficient (Wildman–Crippen LogP) is 1.98. The van der Waals surface area contributed by atoms with Crippen LogP contribution in [0.2, 0.25) is 0 Å². The minimum Gasteiger partial charge on any atom is -0.397 e. The molecule has 4 N–H and O–H groups in total. The SMILES string of the molecule is CCCC(O)CNc1cc(F)ccc1N. The summed E-state index contributed by atoms with van der Waals surface area (Å²) in [6, 6.07) is 4.14. The molecule has 0 amide bonds. The Balaban J connectivity index is 2.53. The monoisotopic (exact) mass is 212 g/mol. The van der Waals surface area contributed by atoms with E-state index in [2.05, 4.69) is 5.32 Å². The number of aliphatic hydroxyl groups is 1. The molecule has 0 aliphatic heterocycles. The fourth-order valence-electron chi connectivity index (χ4n) is 1.34. The molecule has 1 unspecified atom stereocenters. The summed E-state index contributed by atoms with van der Waals surface area (Å²) in [5.74, 6) is -0.336. The van der Waals surface area contributed by atoms with Gasteiger partial charge < -0.3 is 16.2 Å². The molecule has 0 bridgehead atoms. The maximum Gasteiger partial charge on any atom is 0.125 e. The lowest BCUT2D eigenvalue weighted by Crippen LogP contribution is -2.19. The summed E-state index contributed by atoms with van der Waals surface area (Å²) in [4.78, 5) is 0. The first-order valence-corrected chi connectivity index (χ1v) is 5.10. The summed E-state index contributed by atoms with van der Waals surface area (Å²) in [6.07, 6.45) is 1.22. The average Bonchev–Trinajstić information content (AvgIpc) is 2.20. The maximum absolute atomic E-state index is 12.9. The van der Waals surface area contributed by atoms with Gasteiger partial charge >= 0.3 is 0 Å². The lowest BCUT2D eigenvalue weighted by Gasteiger charge is -2.13. The molecule has 1 aromatic rings. The zero-order chi connectivity index (χ0) is 11.3. The first-order valence-electron chi connectivity index (χ1n) is 5.10. The number of nitrogens with one attached hydrogen (secondary N) is 1. The number of benzene rings is 1. The third-order valence-electron chi connectivity index (χ3n) is 2.17. The highest BCUT2D eigenvalue weighted by atomic mass is 19.1. The molecule has 0 heterocycles. The fourth-order valence-corrected chi connectivity index (χ4v) is 1.34. The van der Waals surface area contributed by atoms with Crippen LogP contribution in [0, 0.1) is 5.82 Å². The summed E-state index contributed by atoms with van der Waals surface area (Å²) in [5, 5.41) is 12.4. The lowest BCUT2D eigenvalue weighted by atomic mass is 10.2. The molecule has 0 radical (unpaired) electrons. The molecule has 84 valence electrons. The van der Waals surface area contributed by atoms with Crippen LogP contribution in [-0.2, 0) is 0 Å². The Hall–Kier alpha value is -1.29. The molecule has 0 fully saturated rings. The van der Waals surface area contributed by atoms with Crippen molar-refractivity contribution < 1.29 is 9.50 Å². The highest BCUT2D eigenvalue weighted by Gasteiger charge is 2.04. The van der Waals surface area contributed by atoms with Crippen molar-refractivity contribution in [1.29, 1.82) is 0 Å². The molecule has 1 aromatic carbocycles. The van der Waals surface area contributed by atoms with E-state index in [0.29, 0.717) is 17.9 Å². The number of hydrogen-bond donors (Lipinski definition) is 3. The molecule has 0 saturated carbocycles. The number of anilines is 2. The van der Waals surface area contributed by atoms with Crippen molar-refractivity contribution in [2.75, 3.05) is 17.6 Å². The largest absolute Gasteiger partial charge is 0.397 e. The smallest absolute Gasteiger partial charge is 0.125 e. The van der Waals surface area contributed by atoms with E-state index in [-0.39, 0.29) is 5.82 Å². The topological polar surface area (TPSA) is 58.3 Å². The molecule has 0 aliphatic rings. The van der Waals surface area contributed by atoms with Gasteiger partial charge in [0.1, 0.15) is 5.82 Å². The summed E-state index contributed by atoms with van der Waals surface area (Å²) >= 11 is 0. The van der Waals surface area contributed by atoms with E-state index in [0.717, 1.165) is 12.8 Å². The van der Waals surface area contributed by atoms with E-state index in [1.54, 1.807) is 0 Å². The Bertz CT molecular complexity index is 317. The van der Waals surface area contributed by atoms with Gasteiger partial charge in [-0.1, -0.05) is 13.3 Å². The van der Waals surface area contributed by atoms with E-state index in [4.69, 9.17) is 5.73 Å². The van der Waals surface area contributed by atoms with E-state index in [1.165, 1.54) is 18.2 Å². The maximum atomic E-state index is 12.9. The Morgan fingerprint density at radius 3 is 2.93 bits per heavy atom. The highest BCUT2D eigenvalue weighted by Crippen LogP contribution is 2.19. The normalized spacial score (nSPS) is 12.5. The first-order chi connectivity index (χ1) is 7.13. The van der Waals surface area contributed by atoms with E-state index in [9.17, 15) is 9.50 Å². The third-order valence-corrected chi connectivity index (χ3v) is 2.17. The van der Waals surface area contributed by atoms with Crippen LogP contribution in [0.3, 0.4) is 0 Å². The summed E-state index contributed by atoms with van der Waals surface area (Å²) in [7, 11) is 0. The van der Waals surface area contributed by atoms with Crippen molar-refractivity contribution in [1.82, 2.24) is 0 Å². The number of rotatable bonds is 5. The second-order valence-corrected chi connectivity index (χ2v) is 3.55. The predicted molar refractivity (Wildman–Crippen MR) is 60.2 cm³/mol. The Morgan fingerprint density at radius 1 is 1.53 bits per heavy atom. The highest BCUT2D eigenvalue weighted by molar-refractivity contribution is 5.65. The van der Waals surface area contributed by atoms with Crippen LogP contribution >= 0.6 is 0 Å². The average molecular weight is 212 g/mol. The standard InChI is InChI=1S/C11H17FN2O/c1-2-3-9(15)7-14-11-6-8(12)4-5-10(11)13/h4-6,9,14-15H,2-3,7,13H2,1H3. The van der Waals surface area contributed by atoms with Gasteiger partial charge in [-0.15, -0.1) is 0 Å². The Labute approximate surface area is 89.1 Å². The van der Waals surface area contributed by atoms with Gasteiger partial charge in [0.05, 0.1) is 17.5 Å². The van der Waals surface area contributed by atoms with Crippen molar-refractivity contribution in [3.05, 3.63) is 24.0 Å². The Morgan fingerprint density at radius 2 is 2.27 bits per heavy atom. The summed E-state index contributed by atoms with van der Waals surface area (Å²) in [5.41, 5.74) is 6.66. The number of hydrogen-bond acceptors (Lipinski definition) is 3. The molecule has 15 heavy (non-hydrogen) atoms. The van der Waals surface area contributed by atoms with Crippen LogP contribution in [0.5, 0.6) is 0 Å².